The molecule has 0 aromatic carbocycles. The smallest absolute Gasteiger partial charge is 0.0836 e. The van der Waals surface area contributed by atoms with Crippen LogP contribution < -0.4 is 21.7 Å². The zero-order valence-corrected chi connectivity index (χ0v) is 14.4. The van der Waals surface area contributed by atoms with Crippen LogP contribution in [0.25, 0.3) is 0 Å². The van der Waals surface area contributed by atoms with E-state index in [9.17, 15) is 0 Å². The van der Waals surface area contributed by atoms with Gasteiger partial charge in [0, 0.05) is 13.1 Å². The number of nitrogens with zero attached hydrogens (tertiary/aromatic N) is 1. The third-order valence-electron chi connectivity index (χ3n) is 4.99. The molecule has 3 aliphatic rings. The van der Waals surface area contributed by atoms with E-state index in [-0.39, 0.29) is 0 Å². The van der Waals surface area contributed by atoms with Gasteiger partial charge in [-0.1, -0.05) is 26.0 Å². The van der Waals surface area contributed by atoms with Crippen molar-refractivity contribution >= 4 is 5.71 Å². The Labute approximate surface area is 139 Å². The van der Waals surface area contributed by atoms with E-state index in [4.69, 9.17) is 5.73 Å². The number of hydrogen-bond donors (Lipinski definition) is 4. The van der Waals surface area contributed by atoms with Gasteiger partial charge in [-0.25, -0.2) is 0 Å². The molecule has 5 heteroatoms. The van der Waals surface area contributed by atoms with E-state index in [2.05, 4.69) is 46.9 Å². The summed E-state index contributed by atoms with van der Waals surface area (Å²) in [4.78, 5) is 4.68. The summed E-state index contributed by atoms with van der Waals surface area (Å²) in [6, 6.07) is 0.542. The fourth-order valence-corrected chi connectivity index (χ4v) is 3.49. The molecule has 0 radical (unpaired) electrons. The summed E-state index contributed by atoms with van der Waals surface area (Å²) in [5, 5.41) is 10.6. The van der Waals surface area contributed by atoms with Crippen molar-refractivity contribution < 1.29 is 0 Å². The zero-order chi connectivity index (χ0) is 16.2. The second-order valence-corrected chi connectivity index (χ2v) is 7.41. The van der Waals surface area contributed by atoms with Crippen molar-refractivity contribution in [1.29, 1.82) is 0 Å². The molecular weight excluding hydrogens is 286 g/mol. The van der Waals surface area contributed by atoms with E-state index in [0.717, 1.165) is 45.7 Å². The largest absolute Gasteiger partial charge is 0.378 e. The Morgan fingerprint density at radius 1 is 1.35 bits per heavy atom. The molecule has 1 fully saturated rings. The van der Waals surface area contributed by atoms with Crippen molar-refractivity contribution in [3.8, 4) is 0 Å². The molecule has 2 unspecified atom stereocenters. The van der Waals surface area contributed by atoms with E-state index in [1.807, 2.05) is 0 Å². The van der Waals surface area contributed by atoms with Gasteiger partial charge in [0.05, 0.1) is 24.0 Å². The number of fused-ring (bicyclic) bond motifs is 1. The Hall–Kier alpha value is -1.17. The van der Waals surface area contributed by atoms with E-state index in [0.29, 0.717) is 23.8 Å². The van der Waals surface area contributed by atoms with Crippen LogP contribution in [0.1, 0.15) is 20.3 Å². The maximum absolute atomic E-state index is 6.09. The Morgan fingerprint density at radius 3 is 2.83 bits per heavy atom. The second kappa shape index (κ2) is 7.60. The SMILES string of the molecule is CC(C)CNCC(CN)C1C=C(NC2CNC2)C2=NCC=C2C1. The van der Waals surface area contributed by atoms with E-state index < -0.39 is 0 Å². The predicted molar refractivity (Wildman–Crippen MR) is 96.6 cm³/mol. The number of nitrogens with two attached hydrogens (primary N) is 1. The summed E-state index contributed by atoms with van der Waals surface area (Å²) in [6.45, 7) is 10.2. The second-order valence-electron chi connectivity index (χ2n) is 7.41. The number of allylic oxidation sites excluding steroid dienone is 2. The van der Waals surface area contributed by atoms with Gasteiger partial charge in [-0.15, -0.1) is 0 Å². The Balaban J connectivity index is 1.68. The molecule has 2 heterocycles. The molecule has 0 saturated carbocycles. The lowest BCUT2D eigenvalue weighted by Crippen LogP contribution is -2.56. The molecule has 0 aromatic heterocycles. The van der Waals surface area contributed by atoms with Gasteiger partial charge >= 0.3 is 0 Å². The van der Waals surface area contributed by atoms with Crippen LogP contribution in [0, 0.1) is 17.8 Å². The normalized spacial score (nSPS) is 25.4. The first-order valence-corrected chi connectivity index (χ1v) is 9.01. The van der Waals surface area contributed by atoms with Gasteiger partial charge in [0.25, 0.3) is 0 Å². The van der Waals surface area contributed by atoms with Crippen molar-refractivity contribution in [2.45, 2.75) is 26.3 Å². The van der Waals surface area contributed by atoms with Crippen LogP contribution in [-0.2, 0) is 0 Å². The van der Waals surface area contributed by atoms with Gasteiger partial charge in [0.2, 0.25) is 0 Å². The molecule has 0 amide bonds. The summed E-state index contributed by atoms with van der Waals surface area (Å²) in [6.07, 6.45) is 5.76. The first-order chi connectivity index (χ1) is 11.2. The summed E-state index contributed by atoms with van der Waals surface area (Å²) in [5.74, 6) is 1.65. The van der Waals surface area contributed by atoms with Crippen molar-refractivity contribution in [2.24, 2.45) is 28.5 Å². The van der Waals surface area contributed by atoms with Crippen LogP contribution in [-0.4, -0.2) is 51.0 Å². The topological polar surface area (TPSA) is 74.5 Å². The maximum atomic E-state index is 6.09. The molecule has 2 aliphatic heterocycles. The maximum Gasteiger partial charge on any atom is 0.0836 e. The monoisotopic (exact) mass is 317 g/mol. The number of nitrogens with one attached hydrogen (secondary N) is 3. The van der Waals surface area contributed by atoms with Gasteiger partial charge < -0.3 is 21.7 Å². The molecule has 0 spiro atoms. The fourth-order valence-electron chi connectivity index (χ4n) is 3.49. The van der Waals surface area contributed by atoms with Crippen molar-refractivity contribution in [1.82, 2.24) is 16.0 Å². The van der Waals surface area contributed by atoms with Crippen molar-refractivity contribution in [3.05, 3.63) is 23.4 Å². The van der Waals surface area contributed by atoms with Crippen molar-refractivity contribution in [2.75, 3.05) is 39.3 Å². The fraction of sp³-hybridized carbons (Fsp3) is 0.722. The highest BCUT2D eigenvalue weighted by molar-refractivity contribution is 6.14. The average Bonchev–Trinajstić information content (AvgIpc) is 2.95. The molecular formula is C18H31N5. The van der Waals surface area contributed by atoms with E-state index >= 15 is 0 Å². The Morgan fingerprint density at radius 2 is 2.17 bits per heavy atom. The van der Waals surface area contributed by atoms with Gasteiger partial charge in [0.1, 0.15) is 0 Å². The Bertz CT molecular complexity index is 502. The third-order valence-corrected chi connectivity index (χ3v) is 4.99. The highest BCUT2D eigenvalue weighted by atomic mass is 15.1. The molecule has 1 saturated heterocycles. The summed E-state index contributed by atoms with van der Waals surface area (Å²) in [7, 11) is 0. The zero-order valence-electron chi connectivity index (χ0n) is 14.4. The molecule has 1 aliphatic carbocycles. The minimum absolute atomic E-state index is 0.480. The predicted octanol–water partition coefficient (Wildman–Crippen LogP) is 0.653. The minimum Gasteiger partial charge on any atom is -0.378 e. The molecule has 0 bridgehead atoms. The van der Waals surface area contributed by atoms with E-state index in [1.165, 1.54) is 17.0 Å². The van der Waals surface area contributed by atoms with Crippen LogP contribution in [0.2, 0.25) is 0 Å². The number of aliphatic imine (C=N–C) groups is 1. The molecule has 5 N–H and O–H groups in total. The molecule has 0 aromatic rings. The standard InChI is InChI=1S/C18H31N5/c1-12(2)8-20-9-15(7-19)14-5-13-3-4-22-18(13)17(6-14)23-16-10-21-11-16/h3,6,12,14-16,20-21,23H,4-5,7-11,19H2,1-2H3. The lowest BCUT2D eigenvalue weighted by Gasteiger charge is -2.35. The lowest BCUT2D eigenvalue weighted by atomic mass is 9.80. The number of hydrogen-bond acceptors (Lipinski definition) is 5. The lowest BCUT2D eigenvalue weighted by molar-refractivity contribution is 0.360. The summed E-state index contributed by atoms with van der Waals surface area (Å²) in [5.41, 5.74) is 9.93. The van der Waals surface area contributed by atoms with Crippen LogP contribution >= 0.6 is 0 Å². The van der Waals surface area contributed by atoms with Crippen molar-refractivity contribution in [3.63, 3.8) is 0 Å². The Kier molecular flexibility index (Phi) is 5.51. The molecule has 128 valence electrons. The van der Waals surface area contributed by atoms with Gasteiger partial charge in [-0.2, -0.15) is 0 Å². The molecule has 23 heavy (non-hydrogen) atoms. The third kappa shape index (κ3) is 4.03. The van der Waals surface area contributed by atoms with Crippen LogP contribution in [0.4, 0.5) is 0 Å². The highest BCUT2D eigenvalue weighted by Crippen LogP contribution is 2.32. The molecule has 5 nitrogen and oxygen atoms in total. The summed E-state index contributed by atoms with van der Waals surface area (Å²) >= 11 is 0. The van der Waals surface area contributed by atoms with Gasteiger partial charge in [-0.3, -0.25) is 4.99 Å². The van der Waals surface area contributed by atoms with Crippen LogP contribution in [0.3, 0.4) is 0 Å². The van der Waals surface area contributed by atoms with E-state index in [1.54, 1.807) is 0 Å². The van der Waals surface area contributed by atoms with Crippen LogP contribution in [0.5, 0.6) is 0 Å². The first-order valence-electron chi connectivity index (χ1n) is 9.01. The quantitative estimate of drug-likeness (QED) is 0.530. The first kappa shape index (κ1) is 16.7. The molecule has 2 atom stereocenters. The number of rotatable bonds is 8. The van der Waals surface area contributed by atoms with Crippen LogP contribution in [0.15, 0.2) is 28.4 Å². The van der Waals surface area contributed by atoms with Gasteiger partial charge in [-0.05, 0) is 49.4 Å². The molecule has 3 rings (SSSR count). The highest BCUT2D eigenvalue weighted by Gasteiger charge is 2.31. The van der Waals surface area contributed by atoms with Gasteiger partial charge in [0.15, 0.2) is 0 Å². The summed E-state index contributed by atoms with van der Waals surface area (Å²) < 4.78 is 0. The minimum atomic E-state index is 0.480. The average molecular weight is 317 g/mol.